The van der Waals surface area contributed by atoms with Crippen LogP contribution < -0.4 is 5.32 Å². The number of aliphatic carboxylic acids is 1. The number of amides is 2. The van der Waals surface area contributed by atoms with Crippen molar-refractivity contribution in [1.82, 2.24) is 4.90 Å². The van der Waals surface area contributed by atoms with Crippen LogP contribution in [0.1, 0.15) is 23.7 Å². The number of carbonyl (C=O) groups excluding carboxylic acids is 2. The van der Waals surface area contributed by atoms with E-state index in [4.69, 9.17) is 21.4 Å². The van der Waals surface area contributed by atoms with E-state index in [1.165, 1.54) is 24.0 Å². The molecular weight excluding hydrogens is 324 g/mol. The number of carboxylic acids is 1. The third-order valence-corrected chi connectivity index (χ3v) is 3.68. The molecule has 0 spiro atoms. The van der Waals surface area contributed by atoms with Gasteiger partial charge in [-0.1, -0.05) is 11.6 Å². The van der Waals surface area contributed by atoms with Crippen LogP contribution in [0.15, 0.2) is 18.2 Å². The molecule has 0 bridgehead atoms. The first kappa shape index (κ1) is 17.2. The van der Waals surface area contributed by atoms with Crippen molar-refractivity contribution in [1.29, 1.82) is 0 Å². The Morgan fingerprint density at radius 1 is 1.43 bits per heavy atom. The second-order valence-electron chi connectivity index (χ2n) is 5.22. The lowest BCUT2D eigenvalue weighted by atomic mass is 10.1. The molecule has 0 saturated carbocycles. The zero-order chi connectivity index (χ0) is 17.0. The van der Waals surface area contributed by atoms with Crippen LogP contribution in [0.4, 0.5) is 5.69 Å². The van der Waals surface area contributed by atoms with E-state index in [1.54, 1.807) is 6.07 Å². The third-order valence-electron chi connectivity index (χ3n) is 3.35. The van der Waals surface area contributed by atoms with Crippen LogP contribution in [0.25, 0.3) is 0 Å². The van der Waals surface area contributed by atoms with E-state index in [0.29, 0.717) is 12.2 Å². The van der Waals surface area contributed by atoms with Gasteiger partial charge in [-0.2, -0.15) is 0 Å². The molecule has 0 aromatic heterocycles. The average Bonchev–Trinajstić information content (AvgIpc) is 2.47. The monoisotopic (exact) mass is 340 g/mol. The number of hydrogen-bond acceptors (Lipinski definition) is 4. The SMILES string of the molecule is CC(=O)Nc1ccc(Cl)c(C(=O)N2CCOC(CC(=O)O)C2)c1. The Morgan fingerprint density at radius 3 is 2.83 bits per heavy atom. The van der Waals surface area contributed by atoms with Crippen molar-refractivity contribution < 1.29 is 24.2 Å². The van der Waals surface area contributed by atoms with E-state index in [1.807, 2.05) is 0 Å². The summed E-state index contributed by atoms with van der Waals surface area (Å²) < 4.78 is 5.35. The number of ether oxygens (including phenoxy) is 1. The molecule has 2 amide bonds. The van der Waals surface area contributed by atoms with Gasteiger partial charge in [0.05, 0.1) is 29.7 Å². The molecule has 1 aromatic rings. The van der Waals surface area contributed by atoms with Gasteiger partial charge in [0.1, 0.15) is 0 Å². The molecule has 1 heterocycles. The van der Waals surface area contributed by atoms with E-state index in [9.17, 15) is 14.4 Å². The topological polar surface area (TPSA) is 95.9 Å². The van der Waals surface area contributed by atoms with E-state index >= 15 is 0 Å². The molecule has 124 valence electrons. The molecule has 1 aliphatic heterocycles. The quantitative estimate of drug-likeness (QED) is 0.868. The first-order chi connectivity index (χ1) is 10.9. The first-order valence-electron chi connectivity index (χ1n) is 7.06. The number of nitrogens with one attached hydrogen (secondary N) is 1. The zero-order valence-electron chi connectivity index (χ0n) is 12.5. The second-order valence-corrected chi connectivity index (χ2v) is 5.62. The molecule has 1 unspecified atom stereocenters. The van der Waals surface area contributed by atoms with E-state index in [2.05, 4.69) is 5.32 Å². The largest absolute Gasteiger partial charge is 0.481 e. The maximum Gasteiger partial charge on any atom is 0.306 e. The fourth-order valence-electron chi connectivity index (χ4n) is 2.36. The molecule has 0 aliphatic carbocycles. The maximum atomic E-state index is 12.6. The Morgan fingerprint density at radius 2 is 2.17 bits per heavy atom. The Hall–Kier alpha value is -2.12. The van der Waals surface area contributed by atoms with Crippen molar-refractivity contribution in [3.63, 3.8) is 0 Å². The van der Waals surface area contributed by atoms with Gasteiger partial charge in [-0.25, -0.2) is 0 Å². The van der Waals surface area contributed by atoms with E-state index in [-0.39, 0.29) is 42.0 Å². The number of anilines is 1. The fraction of sp³-hybridized carbons (Fsp3) is 0.400. The lowest BCUT2D eigenvalue weighted by Crippen LogP contribution is -2.46. The molecule has 1 fully saturated rings. The Balaban J connectivity index is 2.15. The van der Waals surface area contributed by atoms with Gasteiger partial charge < -0.3 is 20.1 Å². The Bertz CT molecular complexity index is 634. The van der Waals surface area contributed by atoms with Gasteiger partial charge in [0.2, 0.25) is 5.91 Å². The van der Waals surface area contributed by atoms with Gasteiger partial charge in [-0.3, -0.25) is 14.4 Å². The highest BCUT2D eigenvalue weighted by Gasteiger charge is 2.27. The number of nitrogens with zero attached hydrogens (tertiary/aromatic N) is 1. The molecular formula is C15H17ClN2O5. The molecule has 1 saturated heterocycles. The maximum absolute atomic E-state index is 12.6. The molecule has 1 atom stereocenters. The normalized spacial score (nSPS) is 17.7. The first-order valence-corrected chi connectivity index (χ1v) is 7.44. The second kappa shape index (κ2) is 7.43. The number of hydrogen-bond donors (Lipinski definition) is 2. The Labute approximate surface area is 138 Å². The highest BCUT2D eigenvalue weighted by atomic mass is 35.5. The molecule has 7 nitrogen and oxygen atoms in total. The van der Waals surface area contributed by atoms with Gasteiger partial charge in [-0.05, 0) is 18.2 Å². The molecule has 1 aromatic carbocycles. The fourth-order valence-corrected chi connectivity index (χ4v) is 2.56. The molecule has 1 aliphatic rings. The number of carbonyl (C=O) groups is 3. The number of halogens is 1. The molecule has 2 rings (SSSR count). The van der Waals surface area contributed by atoms with Crippen LogP contribution in [0, 0.1) is 0 Å². The van der Waals surface area contributed by atoms with Crippen molar-refractivity contribution in [2.45, 2.75) is 19.4 Å². The highest BCUT2D eigenvalue weighted by molar-refractivity contribution is 6.34. The lowest BCUT2D eigenvalue weighted by Gasteiger charge is -2.32. The molecule has 8 heteroatoms. The standard InChI is InChI=1S/C15H17ClN2O5/c1-9(19)17-10-2-3-13(16)12(6-10)15(22)18-4-5-23-11(8-18)7-14(20)21/h2-3,6,11H,4-5,7-8H2,1H3,(H,17,19)(H,20,21). The number of rotatable bonds is 4. The van der Waals surface area contributed by atoms with Crippen LogP contribution in [0.2, 0.25) is 5.02 Å². The summed E-state index contributed by atoms with van der Waals surface area (Å²) in [7, 11) is 0. The Kier molecular flexibility index (Phi) is 5.57. The van der Waals surface area contributed by atoms with Crippen LogP contribution in [0.3, 0.4) is 0 Å². The van der Waals surface area contributed by atoms with Crippen LogP contribution in [0.5, 0.6) is 0 Å². The lowest BCUT2D eigenvalue weighted by molar-refractivity contribution is -0.141. The summed E-state index contributed by atoms with van der Waals surface area (Å²) in [5.41, 5.74) is 0.731. The van der Waals surface area contributed by atoms with Crippen molar-refractivity contribution in [2.24, 2.45) is 0 Å². The minimum absolute atomic E-state index is 0.163. The van der Waals surface area contributed by atoms with Crippen molar-refractivity contribution in [3.8, 4) is 0 Å². The third kappa shape index (κ3) is 4.67. The molecule has 0 radical (unpaired) electrons. The number of benzene rings is 1. The zero-order valence-corrected chi connectivity index (χ0v) is 13.3. The van der Waals surface area contributed by atoms with Crippen molar-refractivity contribution >= 4 is 35.1 Å². The van der Waals surface area contributed by atoms with Crippen molar-refractivity contribution in [2.75, 3.05) is 25.0 Å². The summed E-state index contributed by atoms with van der Waals surface area (Å²) >= 11 is 6.08. The smallest absolute Gasteiger partial charge is 0.306 e. The van der Waals surface area contributed by atoms with E-state index < -0.39 is 12.1 Å². The van der Waals surface area contributed by atoms with E-state index in [0.717, 1.165) is 0 Å². The summed E-state index contributed by atoms with van der Waals surface area (Å²) in [6.45, 7) is 2.18. The van der Waals surface area contributed by atoms with Crippen molar-refractivity contribution in [3.05, 3.63) is 28.8 Å². The summed E-state index contributed by atoms with van der Waals surface area (Å²) in [5, 5.41) is 11.7. The summed E-state index contributed by atoms with van der Waals surface area (Å²) in [6, 6.07) is 4.65. The predicted molar refractivity (Wildman–Crippen MR) is 83.7 cm³/mol. The summed E-state index contributed by atoms with van der Waals surface area (Å²) in [6.07, 6.45) is -0.703. The van der Waals surface area contributed by atoms with Gasteiger partial charge in [0.15, 0.2) is 0 Å². The molecule has 2 N–H and O–H groups in total. The van der Waals surface area contributed by atoms with Gasteiger partial charge in [0, 0.05) is 25.7 Å². The highest BCUT2D eigenvalue weighted by Crippen LogP contribution is 2.23. The minimum Gasteiger partial charge on any atom is -0.481 e. The molecule has 23 heavy (non-hydrogen) atoms. The number of carboxylic acid groups (broad SMARTS) is 1. The minimum atomic E-state index is -0.977. The van der Waals surface area contributed by atoms with Crippen LogP contribution in [-0.2, 0) is 14.3 Å². The number of morpholine rings is 1. The average molecular weight is 341 g/mol. The van der Waals surface area contributed by atoms with Crippen LogP contribution >= 0.6 is 11.6 Å². The summed E-state index contributed by atoms with van der Waals surface area (Å²) in [5.74, 6) is -1.55. The van der Waals surface area contributed by atoms with Gasteiger partial charge in [-0.15, -0.1) is 0 Å². The summed E-state index contributed by atoms with van der Waals surface area (Å²) in [4.78, 5) is 36.0. The predicted octanol–water partition coefficient (Wildman–Crippen LogP) is 1.61. The van der Waals surface area contributed by atoms with Gasteiger partial charge >= 0.3 is 5.97 Å². The van der Waals surface area contributed by atoms with Gasteiger partial charge in [0.25, 0.3) is 5.91 Å². The van der Waals surface area contributed by atoms with Crippen LogP contribution in [-0.4, -0.2) is 53.6 Å².